The smallest absolute Gasteiger partial charge is 0.223 e. The van der Waals surface area contributed by atoms with Crippen molar-refractivity contribution in [2.75, 3.05) is 6.26 Å². The highest BCUT2D eigenvalue weighted by atomic mass is 35.5. The van der Waals surface area contributed by atoms with Crippen LogP contribution in [-0.4, -0.2) is 26.2 Å². The summed E-state index contributed by atoms with van der Waals surface area (Å²) in [6.45, 7) is 0. The van der Waals surface area contributed by atoms with Crippen molar-refractivity contribution in [2.45, 2.75) is 5.03 Å². The van der Waals surface area contributed by atoms with Crippen LogP contribution < -0.4 is 0 Å². The third-order valence-corrected chi connectivity index (χ3v) is 3.66. The summed E-state index contributed by atoms with van der Waals surface area (Å²) in [4.78, 5) is 14.7. The van der Waals surface area contributed by atoms with Gasteiger partial charge in [-0.25, -0.2) is 19.9 Å². The van der Waals surface area contributed by atoms with Crippen LogP contribution in [0.2, 0.25) is 25.8 Å². The Kier molecular flexibility index (Phi) is 7.42. The van der Waals surface area contributed by atoms with Crippen LogP contribution in [0.5, 0.6) is 0 Å². The van der Waals surface area contributed by atoms with Crippen molar-refractivity contribution in [3.05, 3.63) is 38.2 Å². The highest BCUT2D eigenvalue weighted by Crippen LogP contribution is 2.22. The van der Waals surface area contributed by atoms with E-state index in [1.54, 1.807) is 0 Å². The minimum atomic E-state index is 0.101. The van der Waals surface area contributed by atoms with E-state index in [-0.39, 0.29) is 15.7 Å². The predicted octanol–water partition coefficient (Wildman–Crippen LogP) is 4.94. The molecule has 0 unspecified atom stereocenters. The zero-order valence-electron chi connectivity index (χ0n) is 9.24. The lowest BCUT2D eigenvalue weighted by atomic mass is 10.7. The average molecular weight is 378 g/mol. The molecule has 0 amide bonds. The SMILES string of the molecule is CSc1nc(Cl)ncc1Cl.Clc1ncc(Cl)c(Cl)n1. The van der Waals surface area contributed by atoms with E-state index < -0.39 is 0 Å². The van der Waals surface area contributed by atoms with Gasteiger partial charge in [0.1, 0.15) is 5.03 Å². The molecule has 0 bridgehead atoms. The van der Waals surface area contributed by atoms with Gasteiger partial charge in [0.15, 0.2) is 5.15 Å². The molecule has 0 spiro atoms. The Morgan fingerprint density at radius 1 is 0.842 bits per heavy atom. The Balaban J connectivity index is 0.000000191. The third kappa shape index (κ3) is 5.85. The second-order valence-electron chi connectivity index (χ2n) is 2.77. The molecule has 19 heavy (non-hydrogen) atoms. The number of aromatic nitrogens is 4. The van der Waals surface area contributed by atoms with E-state index in [4.69, 9.17) is 58.0 Å². The molecule has 0 aliphatic carbocycles. The van der Waals surface area contributed by atoms with Crippen molar-refractivity contribution in [2.24, 2.45) is 0 Å². The first-order chi connectivity index (χ1) is 8.93. The molecule has 2 aromatic heterocycles. The maximum atomic E-state index is 5.69. The molecule has 0 aliphatic rings. The molecular weight excluding hydrogens is 373 g/mol. The summed E-state index contributed by atoms with van der Waals surface area (Å²) in [5.41, 5.74) is 0. The van der Waals surface area contributed by atoms with E-state index in [0.29, 0.717) is 15.1 Å². The number of nitrogens with zero attached hydrogens (tertiary/aromatic N) is 4. The molecule has 0 aromatic carbocycles. The van der Waals surface area contributed by atoms with E-state index in [1.165, 1.54) is 24.2 Å². The van der Waals surface area contributed by atoms with Gasteiger partial charge < -0.3 is 0 Å². The van der Waals surface area contributed by atoms with Gasteiger partial charge >= 0.3 is 0 Å². The lowest BCUT2D eigenvalue weighted by Gasteiger charge is -1.96. The topological polar surface area (TPSA) is 51.6 Å². The standard InChI is InChI=1S/C5H4Cl2N2S.C4HCl3N2/c1-10-4-3(6)2-8-5(7)9-4;5-2-1-8-4(7)9-3(2)6/h2H,1H3;1H. The summed E-state index contributed by atoms with van der Waals surface area (Å²) >= 11 is 28.9. The molecule has 102 valence electrons. The molecule has 0 atom stereocenters. The molecular formula is C9H5Cl5N4S. The molecule has 2 heterocycles. The summed E-state index contributed by atoms with van der Waals surface area (Å²) in [5, 5.41) is 2.06. The van der Waals surface area contributed by atoms with Crippen LogP contribution in [0.25, 0.3) is 0 Å². The molecule has 0 N–H and O–H groups in total. The zero-order chi connectivity index (χ0) is 14.4. The van der Waals surface area contributed by atoms with E-state index in [2.05, 4.69) is 19.9 Å². The highest BCUT2D eigenvalue weighted by Gasteiger charge is 2.00. The number of hydrogen-bond donors (Lipinski definition) is 0. The van der Waals surface area contributed by atoms with Crippen molar-refractivity contribution in [3.63, 3.8) is 0 Å². The molecule has 0 saturated heterocycles. The number of hydrogen-bond acceptors (Lipinski definition) is 5. The summed E-state index contributed by atoms with van der Waals surface area (Å²) < 4.78 is 0. The van der Waals surface area contributed by atoms with Crippen LogP contribution in [0.15, 0.2) is 17.4 Å². The first-order valence-corrected chi connectivity index (χ1v) is 7.61. The van der Waals surface area contributed by atoms with Gasteiger partial charge in [-0.3, -0.25) is 0 Å². The summed E-state index contributed by atoms with van der Waals surface area (Å²) in [6.07, 6.45) is 4.71. The molecule has 10 heteroatoms. The minimum absolute atomic E-state index is 0.101. The Morgan fingerprint density at radius 2 is 1.37 bits per heavy atom. The van der Waals surface area contributed by atoms with Crippen LogP contribution >= 0.6 is 69.8 Å². The Hall–Kier alpha value is -0.0400. The second kappa shape index (κ2) is 8.29. The molecule has 2 aromatic rings. The van der Waals surface area contributed by atoms with Crippen LogP contribution in [0.1, 0.15) is 0 Å². The summed E-state index contributed by atoms with van der Waals surface area (Å²) in [7, 11) is 0. The first kappa shape index (κ1) is 17.0. The van der Waals surface area contributed by atoms with E-state index in [0.717, 1.165) is 0 Å². The highest BCUT2D eigenvalue weighted by molar-refractivity contribution is 7.98. The van der Waals surface area contributed by atoms with Crippen molar-refractivity contribution in [3.8, 4) is 0 Å². The monoisotopic (exact) mass is 376 g/mol. The average Bonchev–Trinajstić information content (AvgIpc) is 2.38. The minimum Gasteiger partial charge on any atom is -0.225 e. The molecule has 2 rings (SSSR count). The fraction of sp³-hybridized carbons (Fsp3) is 0.111. The van der Waals surface area contributed by atoms with E-state index in [9.17, 15) is 0 Å². The quantitative estimate of drug-likeness (QED) is 0.400. The van der Waals surface area contributed by atoms with Crippen molar-refractivity contribution in [1.29, 1.82) is 0 Å². The molecule has 0 radical (unpaired) electrons. The van der Waals surface area contributed by atoms with E-state index >= 15 is 0 Å². The van der Waals surface area contributed by atoms with Gasteiger partial charge in [0.05, 0.1) is 22.4 Å². The number of halogens is 5. The number of rotatable bonds is 1. The Bertz CT molecular complexity index is 568. The van der Waals surface area contributed by atoms with Gasteiger partial charge in [-0.15, -0.1) is 11.8 Å². The van der Waals surface area contributed by atoms with Crippen molar-refractivity contribution < 1.29 is 0 Å². The normalized spacial score (nSPS) is 9.79. The van der Waals surface area contributed by atoms with Crippen molar-refractivity contribution in [1.82, 2.24) is 19.9 Å². The molecule has 0 saturated carbocycles. The summed E-state index contributed by atoms with van der Waals surface area (Å²) in [5.74, 6) is 0. The molecule has 0 fully saturated rings. The van der Waals surface area contributed by atoms with Gasteiger partial charge in [0, 0.05) is 0 Å². The van der Waals surface area contributed by atoms with Crippen LogP contribution in [0.4, 0.5) is 0 Å². The van der Waals surface area contributed by atoms with Gasteiger partial charge in [-0.2, -0.15) is 0 Å². The zero-order valence-corrected chi connectivity index (χ0v) is 13.8. The Morgan fingerprint density at radius 3 is 1.79 bits per heavy atom. The third-order valence-electron chi connectivity index (χ3n) is 1.55. The van der Waals surface area contributed by atoms with Crippen LogP contribution in [0, 0.1) is 0 Å². The van der Waals surface area contributed by atoms with Gasteiger partial charge in [-0.1, -0.05) is 34.8 Å². The fourth-order valence-corrected chi connectivity index (χ4v) is 2.13. The largest absolute Gasteiger partial charge is 0.225 e. The van der Waals surface area contributed by atoms with Gasteiger partial charge in [0.2, 0.25) is 10.6 Å². The predicted molar refractivity (Wildman–Crippen MR) is 80.9 cm³/mol. The fourth-order valence-electron chi connectivity index (χ4n) is 0.801. The van der Waals surface area contributed by atoms with Crippen LogP contribution in [0.3, 0.4) is 0 Å². The van der Waals surface area contributed by atoms with Crippen molar-refractivity contribution >= 4 is 69.8 Å². The van der Waals surface area contributed by atoms with Gasteiger partial charge in [-0.05, 0) is 29.5 Å². The lowest BCUT2D eigenvalue weighted by molar-refractivity contribution is 1.05. The Labute approximate surface area is 138 Å². The number of thioether (sulfide) groups is 1. The second-order valence-corrected chi connectivity index (χ2v) is 5.42. The summed E-state index contributed by atoms with van der Waals surface area (Å²) in [6, 6.07) is 0. The lowest BCUT2D eigenvalue weighted by Crippen LogP contribution is -1.84. The van der Waals surface area contributed by atoms with Crippen LogP contribution in [-0.2, 0) is 0 Å². The van der Waals surface area contributed by atoms with E-state index in [1.807, 2.05) is 6.26 Å². The first-order valence-electron chi connectivity index (χ1n) is 4.49. The maximum absolute atomic E-state index is 5.69. The molecule has 4 nitrogen and oxygen atoms in total. The molecule has 0 aliphatic heterocycles. The van der Waals surface area contributed by atoms with Gasteiger partial charge in [0.25, 0.3) is 0 Å². The maximum Gasteiger partial charge on any atom is 0.223 e.